The van der Waals surface area contributed by atoms with Crippen molar-refractivity contribution in [2.75, 3.05) is 18.2 Å². The largest absolute Gasteiger partial charge is 0.272 e. The van der Waals surface area contributed by atoms with E-state index < -0.39 is 0 Å². The maximum atomic E-state index is 5.64. The number of aryl methyl sites for hydroxylation is 1. The van der Waals surface area contributed by atoms with Crippen molar-refractivity contribution in [1.29, 1.82) is 0 Å². The van der Waals surface area contributed by atoms with Crippen molar-refractivity contribution in [2.45, 2.75) is 19.8 Å². The third kappa shape index (κ3) is 2.71. The number of anilines is 1. The molecule has 98 valence electrons. The van der Waals surface area contributed by atoms with Crippen molar-refractivity contribution in [2.24, 2.45) is 0 Å². The molecule has 0 atom stereocenters. The lowest BCUT2D eigenvalue weighted by molar-refractivity contribution is 0.0761. The molecule has 2 aromatic heterocycles. The molecular weight excluding hydrogens is 240 g/mol. The molecule has 1 aliphatic rings. The van der Waals surface area contributed by atoms with Gasteiger partial charge in [-0.05, 0) is 31.9 Å². The average molecular weight is 256 g/mol. The highest BCUT2D eigenvalue weighted by Crippen LogP contribution is 2.21. The monoisotopic (exact) mass is 256 g/mol. The Morgan fingerprint density at radius 1 is 1.16 bits per heavy atom. The minimum atomic E-state index is 0.714. The molecular formula is C14H16N4O. The van der Waals surface area contributed by atoms with Crippen LogP contribution in [-0.4, -0.2) is 28.1 Å². The summed E-state index contributed by atoms with van der Waals surface area (Å²) < 4.78 is 0. The zero-order valence-electron chi connectivity index (χ0n) is 10.9. The predicted molar refractivity (Wildman–Crippen MR) is 72.5 cm³/mol. The first-order valence-corrected chi connectivity index (χ1v) is 6.49. The minimum absolute atomic E-state index is 0.714. The topological polar surface area (TPSA) is 51.1 Å². The van der Waals surface area contributed by atoms with Crippen LogP contribution < -0.4 is 5.06 Å². The summed E-state index contributed by atoms with van der Waals surface area (Å²) in [5.41, 5.74) is 1.91. The maximum absolute atomic E-state index is 5.64. The van der Waals surface area contributed by atoms with Crippen LogP contribution in [0.1, 0.15) is 18.5 Å². The van der Waals surface area contributed by atoms with Gasteiger partial charge in [-0.3, -0.25) is 9.82 Å². The van der Waals surface area contributed by atoms with E-state index in [2.05, 4.69) is 15.0 Å². The van der Waals surface area contributed by atoms with E-state index in [-0.39, 0.29) is 0 Å². The standard InChI is InChI=1S/C14H16N4O/c1-11-10-13(18-8-2-3-9-19-18)17-14(16-11)12-4-6-15-7-5-12/h4-7,10H,2-3,8-9H2,1H3. The van der Waals surface area contributed by atoms with E-state index in [1.54, 1.807) is 12.4 Å². The van der Waals surface area contributed by atoms with Crippen LogP contribution >= 0.6 is 0 Å². The summed E-state index contributed by atoms with van der Waals surface area (Å²) in [5, 5.41) is 1.86. The Kier molecular flexibility index (Phi) is 3.37. The number of hydrogen-bond acceptors (Lipinski definition) is 5. The van der Waals surface area contributed by atoms with E-state index in [9.17, 15) is 0 Å². The Bertz CT molecular complexity index is 553. The smallest absolute Gasteiger partial charge is 0.161 e. The van der Waals surface area contributed by atoms with Gasteiger partial charge in [-0.15, -0.1) is 0 Å². The molecule has 19 heavy (non-hydrogen) atoms. The van der Waals surface area contributed by atoms with Crippen LogP contribution in [0.25, 0.3) is 11.4 Å². The molecule has 1 saturated heterocycles. The number of pyridine rings is 1. The summed E-state index contributed by atoms with van der Waals surface area (Å²) in [6.07, 6.45) is 5.74. The number of hydroxylamine groups is 1. The van der Waals surface area contributed by atoms with Gasteiger partial charge in [-0.2, -0.15) is 0 Å². The Morgan fingerprint density at radius 3 is 2.74 bits per heavy atom. The number of nitrogens with zero attached hydrogens (tertiary/aromatic N) is 4. The molecule has 5 nitrogen and oxygen atoms in total. The fourth-order valence-electron chi connectivity index (χ4n) is 2.09. The van der Waals surface area contributed by atoms with Crippen molar-refractivity contribution in [3.05, 3.63) is 36.3 Å². The van der Waals surface area contributed by atoms with E-state index in [1.165, 1.54) is 0 Å². The second-order valence-corrected chi connectivity index (χ2v) is 4.57. The zero-order chi connectivity index (χ0) is 13.1. The molecule has 5 heteroatoms. The Morgan fingerprint density at radius 2 is 2.00 bits per heavy atom. The lowest BCUT2D eigenvalue weighted by atomic mass is 10.2. The lowest BCUT2D eigenvalue weighted by Gasteiger charge is -2.27. The lowest BCUT2D eigenvalue weighted by Crippen LogP contribution is -2.30. The first-order valence-electron chi connectivity index (χ1n) is 6.49. The van der Waals surface area contributed by atoms with Crippen LogP contribution in [0.5, 0.6) is 0 Å². The van der Waals surface area contributed by atoms with E-state index in [0.29, 0.717) is 5.82 Å². The van der Waals surface area contributed by atoms with E-state index >= 15 is 0 Å². The molecule has 0 bridgehead atoms. The molecule has 2 aromatic rings. The quantitative estimate of drug-likeness (QED) is 0.825. The molecule has 3 heterocycles. The van der Waals surface area contributed by atoms with Crippen LogP contribution in [-0.2, 0) is 4.84 Å². The number of aromatic nitrogens is 3. The molecule has 0 spiro atoms. The molecule has 3 rings (SSSR count). The van der Waals surface area contributed by atoms with Crippen LogP contribution in [0.15, 0.2) is 30.6 Å². The SMILES string of the molecule is Cc1cc(N2CCCCO2)nc(-c2ccncc2)n1. The summed E-state index contributed by atoms with van der Waals surface area (Å²) in [6.45, 7) is 3.61. The average Bonchev–Trinajstić information content (AvgIpc) is 2.48. The zero-order valence-corrected chi connectivity index (χ0v) is 10.9. The normalized spacial score (nSPS) is 15.5. The fraction of sp³-hybridized carbons (Fsp3) is 0.357. The molecule has 0 aliphatic carbocycles. The summed E-state index contributed by atoms with van der Waals surface area (Å²) in [4.78, 5) is 18.7. The Balaban J connectivity index is 1.96. The summed E-state index contributed by atoms with van der Waals surface area (Å²) in [7, 11) is 0. The van der Waals surface area contributed by atoms with Gasteiger partial charge in [0.25, 0.3) is 0 Å². The van der Waals surface area contributed by atoms with Crippen LogP contribution in [0.3, 0.4) is 0 Å². The summed E-state index contributed by atoms with van der Waals surface area (Å²) in [5.74, 6) is 1.55. The van der Waals surface area contributed by atoms with Crippen molar-refractivity contribution in [3.63, 3.8) is 0 Å². The van der Waals surface area contributed by atoms with E-state index in [1.807, 2.05) is 30.2 Å². The molecule has 0 N–H and O–H groups in total. The maximum Gasteiger partial charge on any atom is 0.161 e. The van der Waals surface area contributed by atoms with Gasteiger partial charge in [0, 0.05) is 36.3 Å². The highest BCUT2D eigenvalue weighted by molar-refractivity contribution is 5.56. The third-order valence-corrected chi connectivity index (χ3v) is 3.04. The van der Waals surface area contributed by atoms with Crippen molar-refractivity contribution >= 4 is 5.82 Å². The highest BCUT2D eigenvalue weighted by atomic mass is 16.7. The van der Waals surface area contributed by atoms with Crippen molar-refractivity contribution in [1.82, 2.24) is 15.0 Å². The van der Waals surface area contributed by atoms with Gasteiger partial charge < -0.3 is 0 Å². The van der Waals surface area contributed by atoms with Gasteiger partial charge in [0.2, 0.25) is 0 Å². The van der Waals surface area contributed by atoms with Gasteiger partial charge in [-0.1, -0.05) is 0 Å². The Labute approximate surface area is 112 Å². The van der Waals surface area contributed by atoms with Gasteiger partial charge in [-0.25, -0.2) is 15.0 Å². The molecule has 0 radical (unpaired) electrons. The molecule has 0 unspecified atom stereocenters. The molecule has 1 aliphatic heterocycles. The van der Waals surface area contributed by atoms with Crippen LogP contribution in [0, 0.1) is 6.92 Å². The predicted octanol–water partition coefficient (Wildman–Crippen LogP) is 2.38. The molecule has 0 amide bonds. The summed E-state index contributed by atoms with van der Waals surface area (Å²) >= 11 is 0. The van der Waals surface area contributed by atoms with Crippen LogP contribution in [0.4, 0.5) is 5.82 Å². The first kappa shape index (κ1) is 12.0. The van der Waals surface area contributed by atoms with Gasteiger partial charge in [0.05, 0.1) is 6.61 Å². The van der Waals surface area contributed by atoms with Crippen molar-refractivity contribution in [3.8, 4) is 11.4 Å². The van der Waals surface area contributed by atoms with E-state index in [0.717, 1.165) is 43.1 Å². The Hall–Kier alpha value is -2.01. The molecule has 0 saturated carbocycles. The number of rotatable bonds is 2. The number of hydrogen-bond donors (Lipinski definition) is 0. The minimum Gasteiger partial charge on any atom is -0.272 e. The van der Waals surface area contributed by atoms with Crippen LogP contribution in [0.2, 0.25) is 0 Å². The first-order chi connectivity index (χ1) is 9.33. The van der Waals surface area contributed by atoms with Gasteiger partial charge in [0.15, 0.2) is 11.6 Å². The second kappa shape index (κ2) is 5.32. The second-order valence-electron chi connectivity index (χ2n) is 4.57. The summed E-state index contributed by atoms with van der Waals surface area (Å²) in [6, 6.07) is 5.78. The van der Waals surface area contributed by atoms with Crippen molar-refractivity contribution < 1.29 is 4.84 Å². The fourth-order valence-corrected chi connectivity index (χ4v) is 2.09. The molecule has 1 fully saturated rings. The third-order valence-electron chi connectivity index (χ3n) is 3.04. The molecule has 0 aromatic carbocycles. The van der Waals surface area contributed by atoms with Gasteiger partial charge >= 0.3 is 0 Å². The highest BCUT2D eigenvalue weighted by Gasteiger charge is 2.15. The van der Waals surface area contributed by atoms with Gasteiger partial charge in [0.1, 0.15) is 0 Å². The van der Waals surface area contributed by atoms with E-state index in [4.69, 9.17) is 4.84 Å².